The summed E-state index contributed by atoms with van der Waals surface area (Å²) in [5.74, 6) is 0. The maximum atomic E-state index is 6.04. The average molecular weight is 352 g/mol. The van der Waals surface area contributed by atoms with Gasteiger partial charge >= 0.3 is 0 Å². The van der Waals surface area contributed by atoms with Crippen LogP contribution >= 0.6 is 23.2 Å². The van der Waals surface area contributed by atoms with Gasteiger partial charge in [-0.25, -0.2) is 0 Å². The second-order valence-corrected chi connectivity index (χ2v) is 6.71. The second kappa shape index (κ2) is 6.35. The van der Waals surface area contributed by atoms with Gasteiger partial charge in [0.25, 0.3) is 0 Å². The molecule has 0 radical (unpaired) electrons. The third-order valence-electron chi connectivity index (χ3n) is 4.24. The van der Waals surface area contributed by atoms with Gasteiger partial charge in [-0.3, -0.25) is 0 Å². The summed E-state index contributed by atoms with van der Waals surface area (Å²) in [6.07, 6.45) is 0.846. The number of nitrogens with one attached hydrogen (secondary N) is 1. The van der Waals surface area contributed by atoms with Crippen LogP contribution in [-0.4, -0.2) is 4.98 Å². The van der Waals surface area contributed by atoms with Gasteiger partial charge in [-0.15, -0.1) is 0 Å². The zero-order valence-electron chi connectivity index (χ0n) is 12.9. The predicted octanol–water partition coefficient (Wildman–Crippen LogP) is 6.73. The van der Waals surface area contributed by atoms with Crippen molar-refractivity contribution in [1.29, 1.82) is 0 Å². The number of H-pyrrole nitrogens is 1. The Morgan fingerprint density at radius 2 is 1.33 bits per heavy atom. The number of para-hydroxylation sites is 1. The van der Waals surface area contributed by atoms with E-state index in [0.29, 0.717) is 0 Å². The van der Waals surface area contributed by atoms with Crippen LogP contribution in [0.3, 0.4) is 0 Å². The molecule has 24 heavy (non-hydrogen) atoms. The maximum absolute atomic E-state index is 6.04. The Hall–Kier alpha value is -2.22. The summed E-state index contributed by atoms with van der Waals surface area (Å²) in [7, 11) is 0. The van der Waals surface area contributed by atoms with E-state index >= 15 is 0 Å². The fraction of sp³-hybridized carbons (Fsp3) is 0.0476. The number of fused-ring (bicyclic) bond motifs is 1. The molecular formula is C21H15Cl2N. The Balaban J connectivity index is 1.86. The Morgan fingerprint density at radius 3 is 2.04 bits per heavy atom. The standard InChI is InChI=1S/C21H15Cl2N/c22-16-9-5-14(6-10-16)13-19-18-3-1-2-4-20(18)24-21(19)15-7-11-17(23)12-8-15/h1-12,24H,13H2. The van der Waals surface area contributed by atoms with Gasteiger partial charge in [0, 0.05) is 27.4 Å². The molecule has 0 aliphatic carbocycles. The Morgan fingerprint density at radius 1 is 0.708 bits per heavy atom. The van der Waals surface area contributed by atoms with Crippen LogP contribution in [-0.2, 0) is 6.42 Å². The largest absolute Gasteiger partial charge is 0.354 e. The molecule has 1 N–H and O–H groups in total. The monoisotopic (exact) mass is 351 g/mol. The molecule has 3 heteroatoms. The van der Waals surface area contributed by atoms with E-state index < -0.39 is 0 Å². The molecule has 0 atom stereocenters. The third-order valence-corrected chi connectivity index (χ3v) is 4.74. The van der Waals surface area contributed by atoms with Crippen molar-refractivity contribution in [2.75, 3.05) is 0 Å². The van der Waals surface area contributed by atoms with E-state index in [1.807, 2.05) is 24.3 Å². The topological polar surface area (TPSA) is 15.8 Å². The molecule has 0 saturated carbocycles. The summed E-state index contributed by atoms with van der Waals surface area (Å²) in [4.78, 5) is 3.56. The predicted molar refractivity (Wildman–Crippen MR) is 103 cm³/mol. The second-order valence-electron chi connectivity index (χ2n) is 5.83. The van der Waals surface area contributed by atoms with Crippen LogP contribution in [0, 0.1) is 0 Å². The normalized spacial score (nSPS) is 11.1. The molecule has 1 nitrogen and oxygen atoms in total. The number of halogens is 2. The summed E-state index contributed by atoms with van der Waals surface area (Å²) in [5, 5.41) is 2.75. The lowest BCUT2D eigenvalue weighted by Crippen LogP contribution is -1.90. The SMILES string of the molecule is Clc1ccc(Cc2c(-c3ccc(Cl)cc3)[nH]c3ccccc23)cc1. The van der Waals surface area contributed by atoms with Gasteiger partial charge < -0.3 is 4.98 Å². The van der Waals surface area contributed by atoms with Crippen molar-refractivity contribution < 1.29 is 0 Å². The lowest BCUT2D eigenvalue weighted by atomic mass is 9.98. The minimum atomic E-state index is 0.745. The van der Waals surface area contributed by atoms with E-state index in [0.717, 1.165) is 33.2 Å². The molecule has 0 amide bonds. The molecule has 0 aliphatic rings. The molecular weight excluding hydrogens is 337 g/mol. The van der Waals surface area contributed by atoms with Crippen LogP contribution in [0.1, 0.15) is 11.1 Å². The van der Waals surface area contributed by atoms with Gasteiger partial charge in [0.2, 0.25) is 0 Å². The smallest absolute Gasteiger partial charge is 0.0500 e. The number of hydrogen-bond donors (Lipinski definition) is 1. The van der Waals surface area contributed by atoms with Crippen molar-refractivity contribution in [3.8, 4) is 11.3 Å². The number of hydrogen-bond acceptors (Lipinski definition) is 0. The Kier molecular flexibility index (Phi) is 4.05. The molecule has 0 saturated heterocycles. The fourth-order valence-corrected chi connectivity index (χ4v) is 3.30. The zero-order chi connectivity index (χ0) is 16.5. The summed E-state index contributed by atoms with van der Waals surface area (Å²) < 4.78 is 0. The van der Waals surface area contributed by atoms with Crippen LogP contribution in [0.5, 0.6) is 0 Å². The molecule has 0 spiro atoms. The van der Waals surface area contributed by atoms with Crippen molar-refractivity contribution in [2.45, 2.75) is 6.42 Å². The number of rotatable bonds is 3. The van der Waals surface area contributed by atoms with E-state index in [-0.39, 0.29) is 0 Å². The molecule has 4 rings (SSSR count). The highest BCUT2D eigenvalue weighted by Crippen LogP contribution is 2.32. The molecule has 118 valence electrons. The quantitative estimate of drug-likeness (QED) is 0.421. The van der Waals surface area contributed by atoms with Gasteiger partial charge in [-0.2, -0.15) is 0 Å². The van der Waals surface area contributed by atoms with Crippen molar-refractivity contribution in [2.24, 2.45) is 0 Å². The van der Waals surface area contributed by atoms with E-state index in [1.54, 1.807) is 0 Å². The van der Waals surface area contributed by atoms with E-state index in [9.17, 15) is 0 Å². The summed E-state index contributed by atoms with van der Waals surface area (Å²) in [6, 6.07) is 24.4. The fourth-order valence-electron chi connectivity index (χ4n) is 3.05. The Labute approximate surface area is 150 Å². The van der Waals surface area contributed by atoms with Crippen LogP contribution < -0.4 is 0 Å². The van der Waals surface area contributed by atoms with Gasteiger partial charge in [-0.1, -0.05) is 65.7 Å². The minimum absolute atomic E-state index is 0.745. The Bertz CT molecular complexity index is 983. The third kappa shape index (κ3) is 2.93. The van der Waals surface area contributed by atoms with E-state index in [2.05, 4.69) is 53.5 Å². The number of aromatic amines is 1. The lowest BCUT2D eigenvalue weighted by molar-refractivity contribution is 1.21. The van der Waals surface area contributed by atoms with Gasteiger partial charge in [0.15, 0.2) is 0 Å². The van der Waals surface area contributed by atoms with Gasteiger partial charge in [0.1, 0.15) is 0 Å². The summed E-state index contributed by atoms with van der Waals surface area (Å²) >= 11 is 12.1. The van der Waals surface area contributed by atoms with Crippen molar-refractivity contribution >= 4 is 34.1 Å². The molecule has 0 bridgehead atoms. The molecule has 4 aromatic rings. The van der Waals surface area contributed by atoms with E-state index in [1.165, 1.54) is 16.5 Å². The molecule has 3 aromatic carbocycles. The summed E-state index contributed by atoms with van der Waals surface area (Å²) in [6.45, 7) is 0. The first-order valence-electron chi connectivity index (χ1n) is 7.81. The van der Waals surface area contributed by atoms with Crippen LogP contribution in [0.4, 0.5) is 0 Å². The highest BCUT2D eigenvalue weighted by molar-refractivity contribution is 6.30. The van der Waals surface area contributed by atoms with Crippen LogP contribution in [0.25, 0.3) is 22.2 Å². The van der Waals surface area contributed by atoms with Gasteiger partial charge in [0.05, 0.1) is 5.69 Å². The van der Waals surface area contributed by atoms with Gasteiger partial charge in [-0.05, 0) is 47.0 Å². The molecule has 0 unspecified atom stereocenters. The molecule has 0 aliphatic heterocycles. The van der Waals surface area contributed by atoms with Crippen molar-refractivity contribution in [3.63, 3.8) is 0 Å². The highest BCUT2D eigenvalue weighted by atomic mass is 35.5. The minimum Gasteiger partial charge on any atom is -0.354 e. The summed E-state index contributed by atoms with van der Waals surface area (Å²) in [5.41, 5.74) is 5.95. The molecule has 1 heterocycles. The van der Waals surface area contributed by atoms with Crippen molar-refractivity contribution in [1.82, 2.24) is 4.98 Å². The van der Waals surface area contributed by atoms with E-state index in [4.69, 9.17) is 23.2 Å². The van der Waals surface area contributed by atoms with Crippen molar-refractivity contribution in [3.05, 3.63) is 94.0 Å². The lowest BCUT2D eigenvalue weighted by Gasteiger charge is -2.06. The highest BCUT2D eigenvalue weighted by Gasteiger charge is 2.13. The first kappa shape index (κ1) is 15.3. The number of benzene rings is 3. The molecule has 0 fully saturated rings. The first-order chi connectivity index (χ1) is 11.7. The van der Waals surface area contributed by atoms with Crippen LogP contribution in [0.15, 0.2) is 72.8 Å². The zero-order valence-corrected chi connectivity index (χ0v) is 14.4. The van der Waals surface area contributed by atoms with Crippen LogP contribution in [0.2, 0.25) is 10.0 Å². The maximum Gasteiger partial charge on any atom is 0.0500 e. The average Bonchev–Trinajstić information content (AvgIpc) is 2.96. The molecule has 1 aromatic heterocycles. The number of aromatic nitrogens is 1. The first-order valence-corrected chi connectivity index (χ1v) is 8.56.